The lowest BCUT2D eigenvalue weighted by molar-refractivity contribution is 0.628. The molecule has 0 saturated carbocycles. The molecule has 19 heavy (non-hydrogen) atoms. The molecule has 2 nitrogen and oxygen atoms in total. The number of benzene rings is 2. The predicted octanol–water partition coefficient (Wildman–Crippen LogP) is 4.62. The van der Waals surface area contributed by atoms with Crippen molar-refractivity contribution >= 4 is 28.9 Å². The number of halogens is 3. The number of rotatable bonds is 3. The normalized spacial score (nSPS) is 10.0. The minimum Gasteiger partial charge on any atom is -0.380 e. The smallest absolute Gasteiger partial charge is 0.124 e. The quantitative estimate of drug-likeness (QED) is 0.897. The zero-order valence-corrected chi connectivity index (χ0v) is 11.3. The monoisotopic (exact) mass is 294 g/mol. The third-order valence-corrected chi connectivity index (χ3v) is 3.25. The molecule has 0 aliphatic heterocycles. The second kappa shape index (κ2) is 5.92. The zero-order valence-electron chi connectivity index (χ0n) is 9.75. The van der Waals surface area contributed by atoms with Crippen LogP contribution in [0.1, 0.15) is 11.1 Å². The Bertz CT molecular complexity index is 650. The van der Waals surface area contributed by atoms with E-state index in [4.69, 9.17) is 28.5 Å². The van der Waals surface area contributed by atoms with Crippen LogP contribution in [0.3, 0.4) is 0 Å². The van der Waals surface area contributed by atoms with Crippen molar-refractivity contribution in [2.24, 2.45) is 0 Å². The molecular weight excluding hydrogens is 286 g/mol. The first kappa shape index (κ1) is 13.7. The molecule has 0 amide bonds. The maximum absolute atomic E-state index is 12.9. The zero-order chi connectivity index (χ0) is 13.8. The van der Waals surface area contributed by atoms with Crippen LogP contribution < -0.4 is 5.32 Å². The number of nitriles is 1. The number of nitrogens with zero attached hydrogens (tertiary/aromatic N) is 1. The van der Waals surface area contributed by atoms with Crippen LogP contribution in [0.5, 0.6) is 0 Å². The second-order valence-electron chi connectivity index (χ2n) is 3.90. The summed E-state index contributed by atoms with van der Waals surface area (Å²) in [6.45, 7) is 0.440. The van der Waals surface area contributed by atoms with Crippen molar-refractivity contribution in [3.8, 4) is 6.07 Å². The molecule has 0 bridgehead atoms. The van der Waals surface area contributed by atoms with Gasteiger partial charge in [0.2, 0.25) is 0 Å². The van der Waals surface area contributed by atoms with Crippen molar-refractivity contribution in [2.75, 3.05) is 5.32 Å². The summed E-state index contributed by atoms with van der Waals surface area (Å²) in [5, 5.41) is 12.6. The Labute approximate surface area is 120 Å². The number of hydrogen-bond donors (Lipinski definition) is 1. The summed E-state index contributed by atoms with van der Waals surface area (Å²) in [4.78, 5) is 0. The molecule has 1 N–H and O–H groups in total. The van der Waals surface area contributed by atoms with Crippen LogP contribution >= 0.6 is 23.2 Å². The van der Waals surface area contributed by atoms with Crippen LogP contribution in [0, 0.1) is 17.1 Å². The molecule has 2 aromatic carbocycles. The predicted molar refractivity (Wildman–Crippen MR) is 74.9 cm³/mol. The lowest BCUT2D eigenvalue weighted by Crippen LogP contribution is -2.01. The maximum Gasteiger partial charge on any atom is 0.124 e. The van der Waals surface area contributed by atoms with Gasteiger partial charge in [0.25, 0.3) is 0 Å². The minimum atomic E-state index is -0.382. The van der Waals surface area contributed by atoms with Gasteiger partial charge in [-0.3, -0.25) is 0 Å². The third-order valence-electron chi connectivity index (χ3n) is 2.58. The van der Waals surface area contributed by atoms with E-state index in [1.165, 1.54) is 12.1 Å². The van der Waals surface area contributed by atoms with Gasteiger partial charge in [0.15, 0.2) is 0 Å². The van der Waals surface area contributed by atoms with Crippen molar-refractivity contribution < 1.29 is 4.39 Å². The van der Waals surface area contributed by atoms with E-state index < -0.39 is 0 Å². The summed E-state index contributed by atoms with van der Waals surface area (Å²) in [7, 11) is 0. The van der Waals surface area contributed by atoms with E-state index in [0.29, 0.717) is 27.8 Å². The van der Waals surface area contributed by atoms with Gasteiger partial charge in [-0.15, -0.1) is 0 Å². The molecule has 0 radical (unpaired) electrons. The van der Waals surface area contributed by atoms with Gasteiger partial charge in [0, 0.05) is 11.6 Å². The van der Waals surface area contributed by atoms with Crippen LogP contribution in [0.4, 0.5) is 10.1 Å². The Morgan fingerprint density at radius 2 is 1.89 bits per heavy atom. The SMILES string of the molecule is N#Cc1ccc(CNc2ccc(F)cc2Cl)c(Cl)c1. The molecule has 2 rings (SSSR count). The summed E-state index contributed by atoms with van der Waals surface area (Å²) in [6, 6.07) is 11.2. The van der Waals surface area contributed by atoms with Gasteiger partial charge in [-0.2, -0.15) is 5.26 Å². The number of anilines is 1. The van der Waals surface area contributed by atoms with Gasteiger partial charge in [-0.25, -0.2) is 4.39 Å². The number of nitrogens with one attached hydrogen (secondary N) is 1. The standard InChI is InChI=1S/C14H9Cl2FN2/c15-12-5-9(7-18)1-2-10(12)8-19-14-4-3-11(17)6-13(14)16/h1-6,19H,8H2. The van der Waals surface area contributed by atoms with Crippen molar-refractivity contribution in [1.82, 2.24) is 0 Å². The molecule has 0 heterocycles. The molecule has 96 valence electrons. The fraction of sp³-hybridized carbons (Fsp3) is 0.0714. The van der Waals surface area contributed by atoms with Crippen LogP contribution in [0.25, 0.3) is 0 Å². The first-order valence-corrected chi connectivity index (χ1v) is 6.23. The topological polar surface area (TPSA) is 35.8 Å². The van der Waals surface area contributed by atoms with Gasteiger partial charge in [-0.1, -0.05) is 29.3 Å². The van der Waals surface area contributed by atoms with E-state index in [1.807, 2.05) is 6.07 Å². The highest BCUT2D eigenvalue weighted by molar-refractivity contribution is 6.33. The van der Waals surface area contributed by atoms with E-state index in [1.54, 1.807) is 24.3 Å². The van der Waals surface area contributed by atoms with Gasteiger partial charge in [-0.05, 0) is 35.9 Å². The fourth-order valence-electron chi connectivity index (χ4n) is 1.58. The first-order valence-electron chi connectivity index (χ1n) is 5.47. The Kier molecular flexibility index (Phi) is 4.26. The van der Waals surface area contributed by atoms with Crippen molar-refractivity contribution in [1.29, 1.82) is 5.26 Å². The minimum absolute atomic E-state index is 0.310. The summed E-state index contributed by atoms with van der Waals surface area (Å²) in [6.07, 6.45) is 0. The van der Waals surface area contributed by atoms with Crippen LogP contribution in [-0.2, 0) is 6.54 Å². The maximum atomic E-state index is 12.9. The van der Waals surface area contributed by atoms with E-state index in [2.05, 4.69) is 5.32 Å². The van der Waals surface area contributed by atoms with Gasteiger partial charge in [0.1, 0.15) is 5.82 Å². The summed E-state index contributed by atoms with van der Waals surface area (Å²) >= 11 is 12.0. The van der Waals surface area contributed by atoms with E-state index in [0.717, 1.165) is 5.56 Å². The molecule has 0 aliphatic rings. The average molecular weight is 295 g/mol. The molecule has 0 spiro atoms. The Morgan fingerprint density at radius 3 is 2.53 bits per heavy atom. The molecule has 0 aromatic heterocycles. The van der Waals surface area contributed by atoms with Gasteiger partial charge >= 0.3 is 0 Å². The van der Waals surface area contributed by atoms with Crippen molar-refractivity contribution in [2.45, 2.75) is 6.54 Å². The molecule has 0 aliphatic carbocycles. The fourth-order valence-corrected chi connectivity index (χ4v) is 2.06. The molecular formula is C14H9Cl2FN2. The molecule has 0 unspecified atom stereocenters. The molecule has 0 fully saturated rings. The molecule has 0 saturated heterocycles. The van der Waals surface area contributed by atoms with Crippen LogP contribution in [-0.4, -0.2) is 0 Å². The van der Waals surface area contributed by atoms with Crippen LogP contribution in [0.15, 0.2) is 36.4 Å². The second-order valence-corrected chi connectivity index (χ2v) is 4.71. The van der Waals surface area contributed by atoms with E-state index in [-0.39, 0.29) is 5.82 Å². The summed E-state index contributed by atoms with van der Waals surface area (Å²) < 4.78 is 12.9. The van der Waals surface area contributed by atoms with Crippen LogP contribution in [0.2, 0.25) is 10.0 Å². The molecule has 0 atom stereocenters. The van der Waals surface area contributed by atoms with Crippen molar-refractivity contribution in [3.05, 3.63) is 63.4 Å². The Morgan fingerprint density at radius 1 is 1.11 bits per heavy atom. The Balaban J connectivity index is 2.13. The highest BCUT2D eigenvalue weighted by Gasteiger charge is 2.04. The summed E-state index contributed by atoms with van der Waals surface area (Å²) in [5.74, 6) is -0.382. The molecule has 2 aromatic rings. The first-order chi connectivity index (χ1) is 9.10. The summed E-state index contributed by atoms with van der Waals surface area (Å²) in [5.41, 5.74) is 1.97. The highest BCUT2D eigenvalue weighted by Crippen LogP contribution is 2.24. The Hall–Kier alpha value is -1.76. The third kappa shape index (κ3) is 3.37. The lowest BCUT2D eigenvalue weighted by Gasteiger charge is -2.10. The molecule has 5 heteroatoms. The largest absolute Gasteiger partial charge is 0.380 e. The average Bonchev–Trinajstić information content (AvgIpc) is 2.39. The number of hydrogen-bond acceptors (Lipinski definition) is 2. The van der Waals surface area contributed by atoms with Gasteiger partial charge in [0.05, 0.1) is 22.3 Å². The van der Waals surface area contributed by atoms with Crippen molar-refractivity contribution in [3.63, 3.8) is 0 Å². The van der Waals surface area contributed by atoms with Gasteiger partial charge < -0.3 is 5.32 Å². The van der Waals surface area contributed by atoms with E-state index in [9.17, 15) is 4.39 Å². The highest BCUT2D eigenvalue weighted by atomic mass is 35.5. The lowest BCUT2D eigenvalue weighted by atomic mass is 10.1. The van der Waals surface area contributed by atoms with E-state index >= 15 is 0 Å².